The molecule has 2 aliphatic rings. The molecular weight excluding hydrogens is 446 g/mol. The van der Waals surface area contributed by atoms with Crippen molar-refractivity contribution in [1.82, 2.24) is 10.2 Å². The summed E-state index contributed by atoms with van der Waals surface area (Å²) >= 11 is 0. The molecule has 1 atom stereocenters. The highest BCUT2D eigenvalue weighted by Gasteiger charge is 2.47. The number of anilines is 1. The lowest BCUT2D eigenvalue weighted by atomic mass is 9.95. The van der Waals surface area contributed by atoms with Crippen LogP contribution in [0.5, 0.6) is 11.5 Å². The van der Waals surface area contributed by atoms with Crippen LogP contribution in [0.3, 0.4) is 0 Å². The summed E-state index contributed by atoms with van der Waals surface area (Å²) in [4.78, 5) is 41.7. The van der Waals surface area contributed by atoms with E-state index in [1.807, 2.05) is 30.3 Å². The normalized spacial score (nSPS) is 16.6. The van der Waals surface area contributed by atoms with Crippen LogP contribution in [0.25, 0.3) is 0 Å². The fraction of sp³-hybridized carbons (Fsp3) is 0.222. The van der Waals surface area contributed by atoms with E-state index in [0.717, 1.165) is 16.7 Å². The van der Waals surface area contributed by atoms with E-state index in [-0.39, 0.29) is 17.8 Å². The number of hydrogen-bond donors (Lipinski definition) is 1. The number of fused-ring (bicyclic) bond motifs is 2. The lowest BCUT2D eigenvalue weighted by Crippen LogP contribution is -2.39. The first-order valence-corrected chi connectivity index (χ1v) is 11.3. The minimum absolute atomic E-state index is 0.241. The fourth-order valence-electron chi connectivity index (χ4n) is 4.59. The molecular formula is C27H25N3O5. The summed E-state index contributed by atoms with van der Waals surface area (Å²) in [5.41, 5.74) is 3.90. The number of nitrogens with zero attached hydrogens (tertiary/aromatic N) is 2. The molecule has 1 N–H and O–H groups in total. The van der Waals surface area contributed by atoms with E-state index in [1.54, 1.807) is 55.5 Å². The molecule has 2 aliphatic heterocycles. The van der Waals surface area contributed by atoms with Crippen molar-refractivity contribution in [2.24, 2.45) is 0 Å². The molecule has 4 amide bonds. The van der Waals surface area contributed by atoms with Crippen molar-refractivity contribution in [2.75, 3.05) is 19.1 Å². The molecule has 3 aromatic carbocycles. The standard InChI is InChI=1S/C27H25N3O5/c1-34-23-12-7-17(13-24(23)35-2)15-28-25(31)18-8-10-21(11-9-18)30-26(32)22-14-19-5-3-4-6-20(19)16-29(22)27(30)33/h3-13,22H,14-16H2,1-2H3,(H,28,31)/t22-/m1/s1. The van der Waals surface area contributed by atoms with E-state index in [4.69, 9.17) is 9.47 Å². The smallest absolute Gasteiger partial charge is 0.332 e. The van der Waals surface area contributed by atoms with Gasteiger partial charge in [0.05, 0.1) is 19.9 Å². The second-order valence-corrected chi connectivity index (χ2v) is 8.49. The zero-order valence-corrected chi connectivity index (χ0v) is 19.5. The maximum absolute atomic E-state index is 13.1. The van der Waals surface area contributed by atoms with Gasteiger partial charge in [0.1, 0.15) is 6.04 Å². The van der Waals surface area contributed by atoms with E-state index >= 15 is 0 Å². The van der Waals surface area contributed by atoms with Crippen LogP contribution in [-0.2, 0) is 24.3 Å². The van der Waals surface area contributed by atoms with Gasteiger partial charge in [0.15, 0.2) is 11.5 Å². The fourth-order valence-corrected chi connectivity index (χ4v) is 4.59. The molecule has 5 rings (SSSR count). The molecule has 8 heteroatoms. The highest BCUT2D eigenvalue weighted by atomic mass is 16.5. The number of ether oxygens (including phenoxy) is 2. The Morgan fingerprint density at radius 2 is 1.66 bits per heavy atom. The Morgan fingerprint density at radius 1 is 0.943 bits per heavy atom. The van der Waals surface area contributed by atoms with Crippen LogP contribution in [0, 0.1) is 0 Å². The van der Waals surface area contributed by atoms with Gasteiger partial charge in [-0.3, -0.25) is 9.59 Å². The first-order chi connectivity index (χ1) is 17.0. The monoisotopic (exact) mass is 471 g/mol. The second kappa shape index (κ2) is 9.13. The third-order valence-corrected chi connectivity index (χ3v) is 6.48. The summed E-state index contributed by atoms with van der Waals surface area (Å²) < 4.78 is 10.5. The maximum atomic E-state index is 13.1. The van der Waals surface area contributed by atoms with E-state index in [1.165, 1.54) is 4.90 Å². The SMILES string of the molecule is COc1ccc(CNC(=O)c2ccc(N3C(=O)[C@H]4Cc5ccccc5CN4C3=O)cc2)cc1OC. The van der Waals surface area contributed by atoms with Crippen molar-refractivity contribution in [1.29, 1.82) is 0 Å². The van der Waals surface area contributed by atoms with E-state index < -0.39 is 6.04 Å². The van der Waals surface area contributed by atoms with Crippen molar-refractivity contribution in [2.45, 2.75) is 25.6 Å². The number of carbonyl (C=O) groups excluding carboxylic acids is 3. The summed E-state index contributed by atoms with van der Waals surface area (Å²) in [7, 11) is 3.12. The van der Waals surface area contributed by atoms with E-state index in [9.17, 15) is 14.4 Å². The molecule has 8 nitrogen and oxygen atoms in total. The van der Waals surface area contributed by atoms with Gasteiger partial charge < -0.3 is 19.7 Å². The van der Waals surface area contributed by atoms with Gasteiger partial charge in [-0.25, -0.2) is 9.69 Å². The second-order valence-electron chi connectivity index (χ2n) is 8.49. The minimum Gasteiger partial charge on any atom is -0.493 e. The number of amides is 4. The summed E-state index contributed by atoms with van der Waals surface area (Å²) in [5, 5.41) is 2.87. The van der Waals surface area contributed by atoms with Gasteiger partial charge in [0.25, 0.3) is 11.8 Å². The lowest BCUT2D eigenvalue weighted by molar-refractivity contribution is -0.120. The Labute approximate surface area is 203 Å². The molecule has 0 saturated carbocycles. The average Bonchev–Trinajstić information content (AvgIpc) is 3.14. The average molecular weight is 472 g/mol. The van der Waals surface area contributed by atoms with Crippen LogP contribution in [0.2, 0.25) is 0 Å². The molecule has 35 heavy (non-hydrogen) atoms. The predicted molar refractivity (Wildman–Crippen MR) is 130 cm³/mol. The van der Waals surface area contributed by atoms with Gasteiger partial charge >= 0.3 is 6.03 Å². The third-order valence-electron chi connectivity index (χ3n) is 6.48. The van der Waals surface area contributed by atoms with Gasteiger partial charge in [-0.1, -0.05) is 30.3 Å². The van der Waals surface area contributed by atoms with Crippen LogP contribution in [-0.4, -0.2) is 43.0 Å². The molecule has 0 aromatic heterocycles. The molecule has 0 unspecified atom stereocenters. The highest BCUT2D eigenvalue weighted by molar-refractivity contribution is 6.21. The number of methoxy groups -OCH3 is 2. The molecule has 0 aliphatic carbocycles. The molecule has 1 fully saturated rings. The van der Waals surface area contributed by atoms with Gasteiger partial charge in [0.2, 0.25) is 0 Å². The zero-order chi connectivity index (χ0) is 24.5. The first kappa shape index (κ1) is 22.5. The Morgan fingerprint density at radius 3 is 2.37 bits per heavy atom. The van der Waals surface area contributed by atoms with Crippen molar-refractivity contribution < 1.29 is 23.9 Å². The largest absolute Gasteiger partial charge is 0.493 e. The summed E-state index contributed by atoms with van der Waals surface area (Å²) in [6.45, 7) is 0.722. The quantitative estimate of drug-likeness (QED) is 0.556. The molecule has 1 saturated heterocycles. The number of imide groups is 1. The Balaban J connectivity index is 1.26. The Kier molecular flexibility index (Phi) is 5.86. The first-order valence-electron chi connectivity index (χ1n) is 11.3. The number of rotatable bonds is 6. The number of nitrogens with one attached hydrogen (secondary N) is 1. The minimum atomic E-state index is -0.498. The van der Waals surface area contributed by atoms with Crippen LogP contribution < -0.4 is 19.7 Å². The van der Waals surface area contributed by atoms with Crippen molar-refractivity contribution >= 4 is 23.5 Å². The predicted octanol–water partition coefficient (Wildman–Crippen LogP) is 3.53. The van der Waals surface area contributed by atoms with Crippen LogP contribution in [0.4, 0.5) is 10.5 Å². The third kappa shape index (κ3) is 4.07. The Hall–Kier alpha value is -4.33. The van der Waals surface area contributed by atoms with E-state index in [2.05, 4.69) is 5.32 Å². The molecule has 0 spiro atoms. The number of carbonyl (C=O) groups is 3. The number of hydrogen-bond acceptors (Lipinski definition) is 5. The Bertz CT molecular complexity index is 1260. The van der Waals surface area contributed by atoms with E-state index in [0.29, 0.717) is 42.3 Å². The van der Waals surface area contributed by atoms with Gasteiger partial charge in [-0.05, 0) is 53.1 Å². The van der Waals surface area contributed by atoms with Gasteiger partial charge in [0, 0.05) is 25.1 Å². The highest BCUT2D eigenvalue weighted by Crippen LogP contribution is 2.33. The van der Waals surface area contributed by atoms with Crippen molar-refractivity contribution in [3.63, 3.8) is 0 Å². The summed E-state index contributed by atoms with van der Waals surface area (Å²) in [6.07, 6.45) is 0.508. The zero-order valence-electron chi connectivity index (χ0n) is 19.5. The summed E-state index contributed by atoms with van der Waals surface area (Å²) in [5.74, 6) is 0.695. The number of urea groups is 1. The van der Waals surface area contributed by atoms with Crippen LogP contribution in [0.1, 0.15) is 27.0 Å². The topological polar surface area (TPSA) is 88.2 Å². The van der Waals surface area contributed by atoms with Crippen LogP contribution >= 0.6 is 0 Å². The maximum Gasteiger partial charge on any atom is 0.332 e. The molecule has 178 valence electrons. The number of benzene rings is 3. The van der Waals surface area contributed by atoms with Crippen molar-refractivity contribution in [3.05, 3.63) is 89.0 Å². The molecule has 2 heterocycles. The van der Waals surface area contributed by atoms with Gasteiger partial charge in [-0.2, -0.15) is 0 Å². The molecule has 0 bridgehead atoms. The molecule has 0 radical (unpaired) electrons. The van der Waals surface area contributed by atoms with Crippen molar-refractivity contribution in [3.8, 4) is 11.5 Å². The molecule has 3 aromatic rings. The van der Waals surface area contributed by atoms with Gasteiger partial charge in [-0.15, -0.1) is 0 Å². The summed E-state index contributed by atoms with van der Waals surface area (Å²) in [6, 6.07) is 19.0. The lowest BCUT2D eigenvalue weighted by Gasteiger charge is -2.28. The van der Waals surface area contributed by atoms with Crippen LogP contribution in [0.15, 0.2) is 66.7 Å².